The van der Waals surface area contributed by atoms with E-state index in [9.17, 15) is 14.4 Å². The van der Waals surface area contributed by atoms with Gasteiger partial charge in [-0.05, 0) is 59.6 Å². The minimum Gasteiger partial charge on any atom is -0.451 e. The van der Waals surface area contributed by atoms with Gasteiger partial charge in [0, 0.05) is 29.1 Å². The van der Waals surface area contributed by atoms with Crippen molar-refractivity contribution in [3.63, 3.8) is 0 Å². The zero-order valence-corrected chi connectivity index (χ0v) is 25.3. The molecular weight excluding hydrogens is 579 g/mol. The summed E-state index contributed by atoms with van der Waals surface area (Å²) < 4.78 is 12.5. The van der Waals surface area contributed by atoms with E-state index in [1.165, 1.54) is 0 Å². The number of nitrogens with two attached hydrogens (primary N) is 1. The molecule has 5 rings (SSSR count). The molecule has 222 valence electrons. The number of fused-ring (bicyclic) bond motifs is 3. The van der Waals surface area contributed by atoms with E-state index in [-0.39, 0.29) is 29.2 Å². The van der Waals surface area contributed by atoms with Gasteiger partial charge in [-0.15, -0.1) is 0 Å². The van der Waals surface area contributed by atoms with Crippen molar-refractivity contribution in [1.29, 1.82) is 0 Å². The molecule has 9 nitrogen and oxygen atoms in total. The van der Waals surface area contributed by atoms with Crippen molar-refractivity contribution < 1.29 is 19.1 Å². The Labute approximate surface area is 254 Å². The van der Waals surface area contributed by atoms with Crippen molar-refractivity contribution in [2.75, 3.05) is 19.9 Å². The summed E-state index contributed by atoms with van der Waals surface area (Å²) in [6.45, 7) is 5.81. The van der Waals surface area contributed by atoms with Gasteiger partial charge in [-0.1, -0.05) is 68.2 Å². The first-order valence-electron chi connectivity index (χ1n) is 14.1. The summed E-state index contributed by atoms with van der Waals surface area (Å²) in [6, 6.07) is 10.4. The van der Waals surface area contributed by atoms with Gasteiger partial charge in [-0.2, -0.15) is 5.10 Å². The van der Waals surface area contributed by atoms with Crippen LogP contribution in [0, 0.1) is 5.92 Å². The maximum absolute atomic E-state index is 13.8. The lowest BCUT2D eigenvalue weighted by atomic mass is 9.81. The molecule has 1 unspecified atom stereocenters. The van der Waals surface area contributed by atoms with Crippen molar-refractivity contribution in [1.82, 2.24) is 14.7 Å². The molecule has 0 saturated heterocycles. The molecule has 2 aromatic carbocycles. The lowest BCUT2D eigenvalue weighted by molar-refractivity contribution is -0.152. The van der Waals surface area contributed by atoms with Crippen LogP contribution in [0.25, 0.3) is 0 Å². The first kappa shape index (κ1) is 30.1. The Morgan fingerprint density at radius 3 is 2.26 bits per heavy atom. The van der Waals surface area contributed by atoms with Gasteiger partial charge in [-0.3, -0.25) is 19.1 Å². The van der Waals surface area contributed by atoms with Gasteiger partial charge in [-0.25, -0.2) is 0 Å². The van der Waals surface area contributed by atoms with Crippen molar-refractivity contribution in [3.8, 4) is 5.75 Å². The molecule has 2 N–H and O–H groups in total. The van der Waals surface area contributed by atoms with Gasteiger partial charge in [0.15, 0.2) is 5.69 Å². The molecule has 0 saturated carbocycles. The van der Waals surface area contributed by atoms with Crippen LogP contribution in [0.5, 0.6) is 5.75 Å². The Morgan fingerprint density at radius 1 is 1.07 bits per heavy atom. The quantitative estimate of drug-likeness (QED) is 0.288. The molecule has 0 spiro atoms. The van der Waals surface area contributed by atoms with E-state index in [4.69, 9.17) is 38.4 Å². The summed E-state index contributed by atoms with van der Waals surface area (Å²) >= 11 is 13.5. The predicted molar refractivity (Wildman–Crippen MR) is 160 cm³/mol. The summed E-state index contributed by atoms with van der Waals surface area (Å²) in [7, 11) is 0. The molecule has 1 amide bonds. The Balaban J connectivity index is 1.64. The first-order valence-corrected chi connectivity index (χ1v) is 14.9. The number of halogens is 2. The molecular formula is C31H34Cl2N4O5. The predicted octanol–water partition coefficient (Wildman–Crippen LogP) is 4.75. The van der Waals surface area contributed by atoms with E-state index in [0.717, 1.165) is 28.5 Å². The fourth-order valence-corrected chi connectivity index (χ4v) is 6.44. The highest BCUT2D eigenvalue weighted by atomic mass is 35.5. The monoisotopic (exact) mass is 612 g/mol. The molecule has 2 atom stereocenters. The second kappa shape index (κ2) is 12.5. The van der Waals surface area contributed by atoms with E-state index in [2.05, 4.69) is 17.2 Å². The lowest BCUT2D eigenvalue weighted by Crippen LogP contribution is -2.47. The number of nitrogens with zero attached hydrogens (tertiary/aromatic N) is 3. The van der Waals surface area contributed by atoms with Crippen molar-refractivity contribution in [3.05, 3.63) is 90.8 Å². The van der Waals surface area contributed by atoms with E-state index in [1.54, 1.807) is 23.4 Å². The Kier molecular flexibility index (Phi) is 8.92. The minimum atomic E-state index is -0.846. The summed E-state index contributed by atoms with van der Waals surface area (Å²) in [5, 5.41) is 5.81. The lowest BCUT2D eigenvalue weighted by Gasteiger charge is -2.40. The molecule has 1 aliphatic heterocycles. The van der Waals surface area contributed by atoms with Gasteiger partial charge >= 0.3 is 5.97 Å². The van der Waals surface area contributed by atoms with Gasteiger partial charge in [0.05, 0.1) is 12.2 Å². The van der Waals surface area contributed by atoms with E-state index in [0.29, 0.717) is 42.4 Å². The second-order valence-corrected chi connectivity index (χ2v) is 11.9. The summed E-state index contributed by atoms with van der Waals surface area (Å²) in [4.78, 5) is 40.9. The fourth-order valence-electron chi connectivity index (χ4n) is 5.89. The molecule has 42 heavy (non-hydrogen) atoms. The molecule has 0 fully saturated rings. The normalized spacial score (nSPS) is 17.3. The van der Waals surface area contributed by atoms with Gasteiger partial charge < -0.3 is 20.1 Å². The van der Waals surface area contributed by atoms with Crippen LogP contribution < -0.4 is 15.9 Å². The van der Waals surface area contributed by atoms with Crippen LogP contribution in [0.1, 0.15) is 71.9 Å². The molecule has 0 bridgehead atoms. The zero-order valence-electron chi connectivity index (χ0n) is 23.8. The number of carbonyl (C=O) groups is 2. The minimum absolute atomic E-state index is 0.00723. The molecule has 2 aliphatic rings. The standard InChI is InChI=1S/C31H34Cl2N4O5/c1-4-13-36-15-24(26-20-7-5-9-22(32)18(20)11-12-19-21(26)8-6-10-23(19)33)37-28(30(36)39)29(25(38)14-35-37)41-16-42-31(40)27(34)17(2)3/h5-10,14,17,24,26-27H,4,11-13,15-16,34H2,1-3H3/t24-,27?/m1/s1. The fraction of sp³-hybridized carbons (Fsp3) is 0.419. The van der Waals surface area contributed by atoms with Crippen molar-refractivity contribution in [2.45, 2.75) is 58.0 Å². The number of hydrogen-bond donors (Lipinski definition) is 1. The van der Waals surface area contributed by atoms with Gasteiger partial charge in [0.1, 0.15) is 6.04 Å². The number of amides is 1. The van der Waals surface area contributed by atoms with Crippen LogP contribution >= 0.6 is 23.2 Å². The Hall–Kier alpha value is -3.40. The Bertz CT molecular complexity index is 1520. The molecule has 0 radical (unpaired) electrons. The van der Waals surface area contributed by atoms with Crippen molar-refractivity contribution >= 4 is 35.1 Å². The van der Waals surface area contributed by atoms with E-state index in [1.807, 2.05) is 31.2 Å². The average Bonchev–Trinajstić information content (AvgIpc) is 3.13. The number of ether oxygens (including phenoxy) is 2. The number of esters is 1. The van der Waals surface area contributed by atoms with Crippen LogP contribution in [0.3, 0.4) is 0 Å². The Morgan fingerprint density at radius 2 is 1.69 bits per heavy atom. The molecule has 3 aromatic rings. The number of benzene rings is 2. The van der Waals surface area contributed by atoms with Gasteiger partial charge in [0.25, 0.3) is 5.91 Å². The van der Waals surface area contributed by atoms with E-state index < -0.39 is 30.3 Å². The third-order valence-corrected chi connectivity index (χ3v) is 8.77. The highest BCUT2D eigenvalue weighted by Gasteiger charge is 2.42. The third-order valence-electron chi connectivity index (χ3n) is 8.06. The molecule has 2 heterocycles. The topological polar surface area (TPSA) is 117 Å². The van der Waals surface area contributed by atoms with Crippen LogP contribution in [-0.4, -0.2) is 52.5 Å². The maximum atomic E-state index is 13.8. The zero-order chi connectivity index (χ0) is 30.1. The largest absolute Gasteiger partial charge is 0.451 e. The average molecular weight is 614 g/mol. The van der Waals surface area contributed by atoms with Crippen molar-refractivity contribution in [2.24, 2.45) is 11.7 Å². The summed E-state index contributed by atoms with van der Waals surface area (Å²) in [5.41, 5.74) is 9.36. The number of rotatable bonds is 8. The summed E-state index contributed by atoms with van der Waals surface area (Å²) in [6.07, 6.45) is 3.24. The second-order valence-electron chi connectivity index (χ2n) is 11.0. The smallest absolute Gasteiger partial charge is 0.326 e. The SMILES string of the molecule is CCCN1C[C@H](C2c3cccc(Cl)c3CCc3c(Cl)cccc32)n2ncc(=O)c(OCOC(=O)C(N)C(C)C)c2C1=O. The van der Waals surface area contributed by atoms with Crippen LogP contribution in [0.15, 0.2) is 47.4 Å². The highest BCUT2D eigenvalue weighted by Crippen LogP contribution is 2.46. The molecule has 11 heteroatoms. The van der Waals surface area contributed by atoms with E-state index >= 15 is 0 Å². The number of aromatic nitrogens is 2. The van der Waals surface area contributed by atoms with Crippen LogP contribution in [-0.2, 0) is 22.4 Å². The number of hydrogen-bond acceptors (Lipinski definition) is 7. The number of carbonyl (C=O) groups excluding carboxylic acids is 2. The molecule has 1 aliphatic carbocycles. The first-order chi connectivity index (χ1) is 20.1. The highest BCUT2D eigenvalue weighted by molar-refractivity contribution is 6.32. The van der Waals surface area contributed by atoms with Crippen LogP contribution in [0.2, 0.25) is 10.0 Å². The summed E-state index contributed by atoms with van der Waals surface area (Å²) in [5.74, 6) is -1.70. The van der Waals surface area contributed by atoms with Crippen LogP contribution in [0.4, 0.5) is 0 Å². The molecule has 1 aromatic heterocycles. The maximum Gasteiger partial charge on any atom is 0.326 e. The van der Waals surface area contributed by atoms with Gasteiger partial charge in [0.2, 0.25) is 18.0 Å². The third kappa shape index (κ3) is 5.53.